The Labute approximate surface area is 35.2 Å². The van der Waals surface area contributed by atoms with Gasteiger partial charge >= 0.3 is 0 Å². The molecule has 0 radical (unpaired) electrons. The lowest BCUT2D eigenvalue weighted by Gasteiger charge is -1.78. The van der Waals surface area contributed by atoms with Gasteiger partial charge < -0.3 is 0 Å². The molecule has 3 atom stereocenters. The second kappa shape index (κ2) is 0.882. The van der Waals surface area contributed by atoms with E-state index in [0.717, 1.165) is 6.50 Å². The van der Waals surface area contributed by atoms with E-state index in [-0.39, 0.29) is 0 Å². The van der Waals surface area contributed by atoms with Gasteiger partial charge in [-0.05, 0) is 0 Å². The number of fused-ring (bicyclic) bond motifs is 1. The van der Waals surface area contributed by atoms with Crippen molar-refractivity contribution in [3.05, 3.63) is 0 Å². The van der Waals surface area contributed by atoms with Crippen LogP contribution in [0.25, 0.3) is 0 Å². The molecule has 4 heteroatoms. The number of rotatable bonds is 0. The molecule has 0 saturated heterocycles. The van der Waals surface area contributed by atoms with Crippen LogP contribution in [0.15, 0.2) is 0 Å². The van der Waals surface area contributed by atoms with Crippen LogP contribution in [-0.2, 0) is 0 Å². The summed E-state index contributed by atoms with van der Waals surface area (Å²) in [5.74, 6) is 0. The van der Waals surface area contributed by atoms with E-state index in [1.54, 1.807) is 7.87 Å². The van der Waals surface area contributed by atoms with E-state index in [1.165, 1.54) is 12.3 Å². The van der Waals surface area contributed by atoms with Gasteiger partial charge in [0.15, 0.2) is 0 Å². The molecule has 2 aliphatic rings. The van der Waals surface area contributed by atoms with Crippen molar-refractivity contribution in [1.82, 2.24) is 0 Å². The minimum absolute atomic E-state index is 0.737. The standard InChI is InChI=1S/CH2P4/c2-1-3-5(1)4-2/h1,4H. The lowest BCUT2D eigenvalue weighted by atomic mass is 11.9. The van der Waals surface area contributed by atoms with Crippen LogP contribution < -0.4 is 0 Å². The fourth-order valence-electron chi connectivity index (χ4n) is 0.294. The van der Waals surface area contributed by atoms with Crippen LogP contribution in [0.4, 0.5) is 0 Å². The summed E-state index contributed by atoms with van der Waals surface area (Å²) in [6, 6.07) is 0. The summed E-state index contributed by atoms with van der Waals surface area (Å²) in [4.78, 5) is 0. The predicted molar refractivity (Wildman–Crippen MR) is 32.9 cm³/mol. The van der Waals surface area contributed by atoms with Gasteiger partial charge in [0.2, 0.25) is 0 Å². The van der Waals surface area contributed by atoms with Crippen LogP contribution in [0.2, 0.25) is 0 Å². The van der Waals surface area contributed by atoms with Crippen LogP contribution in [0.3, 0.4) is 0 Å². The molecule has 0 bridgehead atoms. The Balaban J connectivity index is 3.22. The van der Waals surface area contributed by atoms with Crippen molar-refractivity contribution < 1.29 is 0 Å². The zero-order valence-electron chi connectivity index (χ0n) is 2.42. The van der Waals surface area contributed by atoms with E-state index < -0.39 is 0 Å². The van der Waals surface area contributed by atoms with Gasteiger partial charge in [0.25, 0.3) is 0 Å². The van der Waals surface area contributed by atoms with E-state index in [0.29, 0.717) is 0 Å². The molecule has 0 spiro atoms. The highest BCUT2D eigenvalue weighted by Crippen LogP contribution is 2.75. The highest BCUT2D eigenvalue weighted by molar-refractivity contribution is 8.42. The molecule has 0 saturated carbocycles. The Kier molecular flexibility index (Phi) is 0.570. The van der Waals surface area contributed by atoms with E-state index >= 15 is 0 Å². The van der Waals surface area contributed by atoms with Gasteiger partial charge in [-0.1, -0.05) is 29.4 Å². The van der Waals surface area contributed by atoms with Gasteiger partial charge in [-0.2, -0.15) is 0 Å². The lowest BCUT2D eigenvalue weighted by Crippen LogP contribution is -1.45. The summed E-state index contributed by atoms with van der Waals surface area (Å²) in [6.45, 7) is 0.737. The summed E-state index contributed by atoms with van der Waals surface area (Å²) in [5.41, 5.74) is 0. The molecule has 2 rings (SSSR count). The Morgan fingerprint density at radius 3 is 2.60 bits per heavy atom. The zero-order chi connectivity index (χ0) is 3.28. The molecule has 2 heterocycles. The molecular weight excluding hydrogens is 136 g/mol. The molecule has 0 nitrogen and oxygen atoms in total. The second-order valence-electron chi connectivity index (χ2n) is 1.04. The SMILES string of the molecule is P1=[PH]=P2=PC12. The van der Waals surface area contributed by atoms with Crippen molar-refractivity contribution >= 4 is 29.4 Å². The van der Waals surface area contributed by atoms with Crippen LogP contribution in [0.5, 0.6) is 0 Å². The number of hydrogen-bond donors (Lipinski definition) is 0. The Hall–Kier alpha value is 1.20. The van der Waals surface area contributed by atoms with Gasteiger partial charge in [-0.25, -0.2) is 0 Å². The summed E-state index contributed by atoms with van der Waals surface area (Å²) >= 11 is 0. The van der Waals surface area contributed by atoms with Gasteiger partial charge in [-0.3, -0.25) is 0 Å². The highest BCUT2D eigenvalue weighted by atomic mass is 32.2. The molecule has 0 aromatic carbocycles. The van der Waals surface area contributed by atoms with E-state index in [1.807, 2.05) is 7.87 Å². The van der Waals surface area contributed by atoms with Crippen molar-refractivity contribution in [3.63, 3.8) is 0 Å². The van der Waals surface area contributed by atoms with E-state index in [4.69, 9.17) is 0 Å². The van der Waals surface area contributed by atoms with Crippen LogP contribution in [0.1, 0.15) is 0 Å². The first-order valence-corrected chi connectivity index (χ1v) is 8.15. The summed E-state index contributed by atoms with van der Waals surface area (Å²) in [7, 11) is 5.03. The van der Waals surface area contributed by atoms with Crippen LogP contribution in [-0.4, -0.2) is 5.14 Å². The van der Waals surface area contributed by atoms with Crippen molar-refractivity contribution in [2.24, 2.45) is 0 Å². The first-order chi connectivity index (χ1) is 2.47. The summed E-state index contributed by atoms with van der Waals surface area (Å²) in [6.07, 6.45) is 0. The van der Waals surface area contributed by atoms with Gasteiger partial charge in [0.05, 0.1) is 5.14 Å². The predicted octanol–water partition coefficient (Wildman–Crippen LogP) is 3.09. The molecule has 0 aliphatic carbocycles. The van der Waals surface area contributed by atoms with E-state index in [2.05, 4.69) is 0 Å². The third kappa shape index (κ3) is 0.358. The van der Waals surface area contributed by atoms with Crippen molar-refractivity contribution in [3.8, 4) is 0 Å². The molecule has 5 heavy (non-hydrogen) atoms. The maximum absolute atomic E-state index is 1.84. The average molecular weight is 138 g/mol. The van der Waals surface area contributed by atoms with E-state index in [9.17, 15) is 0 Å². The third-order valence-corrected chi connectivity index (χ3v) is 18.4. The smallest absolute Gasteiger partial charge is 0.0873 e. The van der Waals surface area contributed by atoms with Gasteiger partial charge in [0.1, 0.15) is 0 Å². The van der Waals surface area contributed by atoms with Gasteiger partial charge in [0, 0.05) is 0 Å². The Morgan fingerprint density at radius 1 is 1.80 bits per heavy atom. The topological polar surface area (TPSA) is 0 Å². The summed E-state index contributed by atoms with van der Waals surface area (Å²) in [5, 5.41) is 1.25. The Morgan fingerprint density at radius 2 is 2.60 bits per heavy atom. The first-order valence-electron chi connectivity index (χ1n) is 1.42. The minimum atomic E-state index is 0.737. The molecule has 26 valence electrons. The molecule has 0 aromatic heterocycles. The maximum Gasteiger partial charge on any atom is 0.0956 e. The fraction of sp³-hybridized carbons (Fsp3) is 1.00. The van der Waals surface area contributed by atoms with Crippen LogP contribution in [0, 0.1) is 0 Å². The molecule has 0 fully saturated rings. The normalized spacial score (nSPS) is 55.2. The monoisotopic (exact) mass is 138 g/mol. The quantitative estimate of drug-likeness (QED) is 0.451. The third-order valence-electron chi connectivity index (χ3n) is 0.668. The molecule has 0 aromatic rings. The fourth-order valence-corrected chi connectivity index (χ4v) is 19.1. The summed E-state index contributed by atoms with van der Waals surface area (Å²) < 4.78 is 0. The highest BCUT2D eigenvalue weighted by Gasteiger charge is 2.18. The van der Waals surface area contributed by atoms with Gasteiger partial charge in [-0.15, -0.1) is 0 Å². The Bertz CT molecular complexity index is 174. The van der Waals surface area contributed by atoms with Crippen molar-refractivity contribution in [2.45, 2.75) is 5.14 Å². The molecule has 3 unspecified atom stereocenters. The van der Waals surface area contributed by atoms with Crippen LogP contribution >= 0.6 is 29.4 Å². The zero-order valence-corrected chi connectivity index (χ0v) is 6.10. The first kappa shape index (κ1) is 3.23. The molecule has 0 N–H and O–H groups in total. The lowest BCUT2D eigenvalue weighted by molar-refractivity contribution is 2.14. The minimum Gasteiger partial charge on any atom is -0.0873 e. The molecule has 0 amide bonds. The largest absolute Gasteiger partial charge is 0.0956 e. The van der Waals surface area contributed by atoms with Crippen molar-refractivity contribution in [1.29, 1.82) is 0 Å². The number of hydrogen-bond acceptors (Lipinski definition) is 0. The second-order valence-corrected chi connectivity index (χ2v) is 12.9. The average Bonchev–Trinajstić information content (AvgIpc) is 1.74. The maximum atomic E-state index is 1.84. The molecular formula is CH2P4. The van der Waals surface area contributed by atoms with Crippen molar-refractivity contribution in [2.75, 3.05) is 0 Å². The molecule has 2 aliphatic heterocycles.